The maximum absolute atomic E-state index is 4.48. The summed E-state index contributed by atoms with van der Waals surface area (Å²) in [7, 11) is 0. The highest BCUT2D eigenvalue weighted by atomic mass is 15.2. The molecule has 0 unspecified atom stereocenters. The molecule has 1 aliphatic rings. The zero-order valence-corrected chi connectivity index (χ0v) is 9.82. The highest BCUT2D eigenvalue weighted by molar-refractivity contribution is 5.64. The molecule has 2 rings (SSSR count). The Bertz CT molecular complexity index is 426. The summed E-state index contributed by atoms with van der Waals surface area (Å²) in [6, 6.07) is 0. The molecule has 1 saturated heterocycles. The lowest BCUT2D eigenvalue weighted by molar-refractivity contribution is 0.446. The van der Waals surface area contributed by atoms with Gasteiger partial charge in [0, 0.05) is 5.92 Å². The first-order valence-electron chi connectivity index (χ1n) is 5.78. The maximum atomic E-state index is 4.48. The van der Waals surface area contributed by atoms with Crippen molar-refractivity contribution in [3.05, 3.63) is 30.4 Å². The lowest BCUT2D eigenvalue weighted by Crippen LogP contribution is -2.27. The summed E-state index contributed by atoms with van der Waals surface area (Å²) in [4.78, 5) is 8.37. The molecule has 0 atom stereocenters. The van der Waals surface area contributed by atoms with Crippen LogP contribution in [0.3, 0.4) is 0 Å². The zero-order valence-electron chi connectivity index (χ0n) is 9.82. The molecule has 5 nitrogen and oxygen atoms in total. The van der Waals surface area contributed by atoms with Crippen molar-refractivity contribution in [3.8, 4) is 0 Å². The monoisotopic (exact) mass is 231 g/mol. The van der Waals surface area contributed by atoms with Gasteiger partial charge < -0.3 is 5.32 Å². The molecule has 0 bridgehead atoms. The van der Waals surface area contributed by atoms with Crippen LogP contribution in [-0.4, -0.2) is 35.0 Å². The SMILES string of the molecule is C=C/C=C(\N=C)c1n[nH]c(C2CCNCC2)n1. The second-order valence-corrected chi connectivity index (χ2v) is 4.01. The molecule has 0 saturated carbocycles. The standard InChI is InChI=1S/C12H17N5/c1-3-4-10(13-2)12-15-11(16-17-12)9-5-7-14-8-6-9/h3-4,9,14H,1-2,5-8H2,(H,15,16,17)/b10-4-. The van der Waals surface area contributed by atoms with E-state index in [1.165, 1.54) is 0 Å². The number of H-pyrrole nitrogens is 1. The molecule has 0 amide bonds. The van der Waals surface area contributed by atoms with Crippen molar-refractivity contribution in [2.24, 2.45) is 4.99 Å². The van der Waals surface area contributed by atoms with Crippen LogP contribution < -0.4 is 5.32 Å². The third-order valence-electron chi connectivity index (χ3n) is 2.90. The topological polar surface area (TPSA) is 66.0 Å². The van der Waals surface area contributed by atoms with Gasteiger partial charge in [-0.25, -0.2) is 4.98 Å². The van der Waals surface area contributed by atoms with Crippen molar-refractivity contribution in [1.82, 2.24) is 20.5 Å². The van der Waals surface area contributed by atoms with Gasteiger partial charge in [0.25, 0.3) is 0 Å². The molecule has 1 fully saturated rings. The maximum Gasteiger partial charge on any atom is 0.199 e. The van der Waals surface area contributed by atoms with Gasteiger partial charge in [-0.05, 0) is 38.7 Å². The van der Waals surface area contributed by atoms with Crippen molar-refractivity contribution in [2.75, 3.05) is 13.1 Å². The molecule has 1 aromatic heterocycles. The van der Waals surface area contributed by atoms with Crippen molar-refractivity contribution in [2.45, 2.75) is 18.8 Å². The Morgan fingerprint density at radius 3 is 2.82 bits per heavy atom. The second kappa shape index (κ2) is 5.54. The van der Waals surface area contributed by atoms with Crippen LogP contribution in [-0.2, 0) is 0 Å². The number of hydrogen-bond acceptors (Lipinski definition) is 4. The molecule has 1 aliphatic heterocycles. The first-order chi connectivity index (χ1) is 8.35. The molecule has 0 spiro atoms. The van der Waals surface area contributed by atoms with Gasteiger partial charge in [-0.2, -0.15) is 5.10 Å². The summed E-state index contributed by atoms with van der Waals surface area (Å²) in [5.41, 5.74) is 0.649. The van der Waals surface area contributed by atoms with E-state index in [0.29, 0.717) is 17.4 Å². The zero-order chi connectivity index (χ0) is 12.1. The fourth-order valence-electron chi connectivity index (χ4n) is 1.98. The number of hydrogen-bond donors (Lipinski definition) is 2. The van der Waals surface area contributed by atoms with Crippen molar-refractivity contribution < 1.29 is 0 Å². The normalized spacial score (nSPS) is 18.0. The first-order valence-corrected chi connectivity index (χ1v) is 5.78. The Balaban J connectivity index is 2.16. The number of nitrogens with one attached hydrogen (secondary N) is 2. The van der Waals surface area contributed by atoms with Gasteiger partial charge in [0.05, 0.1) is 0 Å². The van der Waals surface area contributed by atoms with E-state index in [1.54, 1.807) is 12.2 Å². The summed E-state index contributed by atoms with van der Waals surface area (Å²) in [5, 5.41) is 10.5. The van der Waals surface area contributed by atoms with Crippen molar-refractivity contribution in [3.63, 3.8) is 0 Å². The molecule has 0 aromatic carbocycles. The summed E-state index contributed by atoms with van der Waals surface area (Å²) in [6.45, 7) is 9.22. The summed E-state index contributed by atoms with van der Waals surface area (Å²) in [5.74, 6) is 2.00. The lowest BCUT2D eigenvalue weighted by atomic mass is 9.98. The van der Waals surface area contributed by atoms with Crippen LogP contribution in [0.2, 0.25) is 0 Å². The molecule has 5 heteroatoms. The second-order valence-electron chi connectivity index (χ2n) is 4.01. The van der Waals surface area contributed by atoms with Crippen LogP contribution in [0.5, 0.6) is 0 Å². The molecule has 0 aliphatic carbocycles. The number of nitrogens with zero attached hydrogens (tertiary/aromatic N) is 3. The number of rotatable bonds is 4. The third kappa shape index (κ3) is 2.68. The number of piperidine rings is 1. The van der Waals surface area contributed by atoms with E-state index in [4.69, 9.17) is 0 Å². The van der Waals surface area contributed by atoms with Gasteiger partial charge >= 0.3 is 0 Å². The Hall–Kier alpha value is -1.75. The Morgan fingerprint density at radius 2 is 2.18 bits per heavy atom. The van der Waals surface area contributed by atoms with Crippen molar-refractivity contribution >= 4 is 12.4 Å². The number of allylic oxidation sites excluding steroid dienone is 2. The van der Waals surface area contributed by atoms with Gasteiger partial charge in [0.1, 0.15) is 11.5 Å². The van der Waals surface area contributed by atoms with Gasteiger partial charge in [0.15, 0.2) is 5.82 Å². The molecular formula is C12H17N5. The smallest absolute Gasteiger partial charge is 0.199 e. The van der Waals surface area contributed by atoms with Crippen LogP contribution in [0.1, 0.15) is 30.4 Å². The fourth-order valence-corrected chi connectivity index (χ4v) is 1.98. The fraction of sp³-hybridized carbons (Fsp3) is 0.417. The number of aliphatic imine (C=N–C) groups is 1. The number of aromatic amines is 1. The molecule has 2 heterocycles. The van der Waals surface area contributed by atoms with Crippen LogP contribution in [0.4, 0.5) is 0 Å². The van der Waals surface area contributed by atoms with E-state index in [9.17, 15) is 0 Å². The van der Waals surface area contributed by atoms with E-state index in [1.807, 2.05) is 0 Å². The van der Waals surface area contributed by atoms with E-state index in [2.05, 4.69) is 38.8 Å². The predicted molar refractivity (Wildman–Crippen MR) is 69.0 cm³/mol. The largest absolute Gasteiger partial charge is 0.317 e. The molecular weight excluding hydrogens is 214 g/mol. The molecule has 17 heavy (non-hydrogen) atoms. The van der Waals surface area contributed by atoms with Gasteiger partial charge in [0.2, 0.25) is 0 Å². The minimum atomic E-state index is 0.465. The Kier molecular flexibility index (Phi) is 3.82. The minimum absolute atomic E-state index is 0.465. The van der Waals surface area contributed by atoms with Crippen LogP contribution in [0.15, 0.2) is 23.7 Å². The molecule has 2 N–H and O–H groups in total. The summed E-state index contributed by atoms with van der Waals surface area (Å²) >= 11 is 0. The van der Waals surface area contributed by atoms with E-state index in [-0.39, 0.29) is 0 Å². The van der Waals surface area contributed by atoms with Crippen LogP contribution in [0, 0.1) is 0 Å². The van der Waals surface area contributed by atoms with Gasteiger partial charge in [-0.3, -0.25) is 10.1 Å². The average molecular weight is 231 g/mol. The highest BCUT2D eigenvalue weighted by Crippen LogP contribution is 2.23. The Morgan fingerprint density at radius 1 is 1.41 bits per heavy atom. The lowest BCUT2D eigenvalue weighted by Gasteiger charge is -2.19. The van der Waals surface area contributed by atoms with Gasteiger partial charge in [-0.1, -0.05) is 12.7 Å². The molecule has 1 aromatic rings. The molecule has 90 valence electrons. The van der Waals surface area contributed by atoms with Crippen molar-refractivity contribution in [1.29, 1.82) is 0 Å². The summed E-state index contributed by atoms with van der Waals surface area (Å²) < 4.78 is 0. The van der Waals surface area contributed by atoms with E-state index >= 15 is 0 Å². The highest BCUT2D eigenvalue weighted by Gasteiger charge is 2.19. The number of aromatic nitrogens is 3. The Labute approximate surface area is 101 Å². The average Bonchev–Trinajstić information content (AvgIpc) is 2.86. The quantitative estimate of drug-likeness (QED) is 0.609. The predicted octanol–water partition coefficient (Wildman–Crippen LogP) is 1.50. The first kappa shape index (κ1) is 11.7. The minimum Gasteiger partial charge on any atom is -0.317 e. The van der Waals surface area contributed by atoms with Crippen LogP contribution >= 0.6 is 0 Å². The summed E-state index contributed by atoms with van der Waals surface area (Å²) in [6.07, 6.45) is 5.60. The molecule has 0 radical (unpaired) electrons. The van der Waals surface area contributed by atoms with Crippen LogP contribution in [0.25, 0.3) is 5.70 Å². The van der Waals surface area contributed by atoms with E-state index in [0.717, 1.165) is 31.8 Å². The van der Waals surface area contributed by atoms with Gasteiger partial charge in [-0.15, -0.1) is 0 Å². The third-order valence-corrected chi connectivity index (χ3v) is 2.90. The van der Waals surface area contributed by atoms with E-state index < -0.39 is 0 Å².